The van der Waals surface area contributed by atoms with Crippen molar-refractivity contribution in [1.29, 1.82) is 0 Å². The normalized spacial score (nSPS) is 12.5. The van der Waals surface area contributed by atoms with Crippen LogP contribution >= 0.6 is 11.3 Å². The molecule has 1 unspecified atom stereocenters. The second-order valence-electron chi connectivity index (χ2n) is 8.68. The lowest BCUT2D eigenvalue weighted by Crippen LogP contribution is -2.53. The van der Waals surface area contributed by atoms with Crippen LogP contribution in [0.1, 0.15) is 42.8 Å². The van der Waals surface area contributed by atoms with E-state index in [9.17, 15) is 14.4 Å². The van der Waals surface area contributed by atoms with E-state index < -0.39 is 6.04 Å². The molecule has 0 radical (unpaired) electrons. The Hall–Kier alpha value is -3.52. The van der Waals surface area contributed by atoms with Crippen LogP contribution in [0.3, 0.4) is 0 Å². The van der Waals surface area contributed by atoms with Crippen molar-refractivity contribution in [2.45, 2.75) is 58.0 Å². The Morgan fingerprint density at radius 1 is 1.03 bits per heavy atom. The average molecular weight is 507 g/mol. The molecular formula is C28H34N4O3S. The summed E-state index contributed by atoms with van der Waals surface area (Å²) in [5.74, 6) is -0.788. The first-order valence-corrected chi connectivity index (χ1v) is 13.2. The van der Waals surface area contributed by atoms with Crippen LogP contribution in [0.5, 0.6) is 0 Å². The van der Waals surface area contributed by atoms with Crippen LogP contribution in [0, 0.1) is 0 Å². The predicted octanol–water partition coefficient (Wildman–Crippen LogP) is 3.72. The molecule has 1 aromatic heterocycles. The molecule has 0 saturated carbocycles. The number of benzene rings is 2. The van der Waals surface area contributed by atoms with E-state index in [1.54, 1.807) is 11.3 Å². The third-order valence-electron chi connectivity index (χ3n) is 5.79. The van der Waals surface area contributed by atoms with Crippen molar-refractivity contribution in [2.24, 2.45) is 0 Å². The second-order valence-corrected chi connectivity index (χ2v) is 9.80. The van der Waals surface area contributed by atoms with E-state index in [1.807, 2.05) is 43.3 Å². The van der Waals surface area contributed by atoms with E-state index in [4.69, 9.17) is 4.98 Å². The van der Waals surface area contributed by atoms with Gasteiger partial charge in [-0.15, -0.1) is 11.3 Å². The number of rotatable bonds is 13. The van der Waals surface area contributed by atoms with Crippen LogP contribution in [0.2, 0.25) is 0 Å². The Morgan fingerprint density at radius 3 is 2.50 bits per heavy atom. The number of carbonyl (C=O) groups excluding carboxylic acids is 3. The molecule has 36 heavy (non-hydrogen) atoms. The van der Waals surface area contributed by atoms with Crippen LogP contribution in [-0.2, 0) is 33.6 Å². The minimum absolute atomic E-state index is 0.174. The Morgan fingerprint density at radius 2 is 1.81 bits per heavy atom. The number of hydrogen-bond donors (Lipinski definition) is 3. The first-order valence-electron chi connectivity index (χ1n) is 12.3. The van der Waals surface area contributed by atoms with E-state index in [0.717, 1.165) is 27.2 Å². The molecule has 2 atom stereocenters. The summed E-state index contributed by atoms with van der Waals surface area (Å²) in [5, 5.41) is 9.48. The van der Waals surface area contributed by atoms with Gasteiger partial charge in [-0.3, -0.25) is 14.4 Å². The van der Waals surface area contributed by atoms with Gasteiger partial charge < -0.3 is 16.0 Å². The van der Waals surface area contributed by atoms with Crippen molar-refractivity contribution >= 4 is 39.3 Å². The molecule has 0 aliphatic heterocycles. The lowest BCUT2D eigenvalue weighted by Gasteiger charge is -2.23. The maximum absolute atomic E-state index is 13.4. The number of hydrogen-bond acceptors (Lipinski definition) is 5. The quantitative estimate of drug-likeness (QED) is 0.308. The van der Waals surface area contributed by atoms with Gasteiger partial charge in [-0.1, -0.05) is 56.8 Å². The van der Waals surface area contributed by atoms with Crippen molar-refractivity contribution in [3.63, 3.8) is 0 Å². The van der Waals surface area contributed by atoms with E-state index in [-0.39, 0.29) is 30.3 Å². The minimum Gasteiger partial charge on any atom is -0.350 e. The van der Waals surface area contributed by atoms with Gasteiger partial charge in [0, 0.05) is 19.4 Å². The summed E-state index contributed by atoms with van der Waals surface area (Å²) in [7, 11) is 0. The molecule has 3 rings (SSSR count). The molecule has 0 aliphatic carbocycles. The van der Waals surface area contributed by atoms with Crippen molar-refractivity contribution in [3.05, 3.63) is 77.3 Å². The molecule has 2 aromatic carbocycles. The number of thiazole rings is 1. The highest BCUT2D eigenvalue weighted by atomic mass is 32.1. The van der Waals surface area contributed by atoms with Gasteiger partial charge in [-0.05, 0) is 48.6 Å². The smallest absolute Gasteiger partial charge is 0.243 e. The molecule has 0 saturated heterocycles. The standard InChI is InChI=1S/C28H34N4O3S/c1-4-10-26(34)31-23(17-27-32-22-14-13-19(5-2)16-24(22)36-27)28(35)30-21(18-29-25(33)6-3)15-20-11-8-7-9-12-20/h6-9,11-14,16,21,23H,3-5,10,15,17-18H2,1-2H3,(H,29,33)(H,30,35)(H,31,34)/t21?,23-/m0/s1. The van der Waals surface area contributed by atoms with E-state index in [0.29, 0.717) is 25.7 Å². The zero-order chi connectivity index (χ0) is 25.9. The molecule has 3 amide bonds. The number of carbonyl (C=O) groups is 3. The third kappa shape index (κ3) is 8.02. The highest BCUT2D eigenvalue weighted by Gasteiger charge is 2.25. The fourth-order valence-electron chi connectivity index (χ4n) is 3.87. The number of fused-ring (bicyclic) bond motifs is 1. The van der Waals surface area contributed by atoms with Gasteiger partial charge in [0.1, 0.15) is 6.04 Å². The van der Waals surface area contributed by atoms with Crippen LogP contribution in [0.15, 0.2) is 61.2 Å². The molecule has 0 spiro atoms. The number of nitrogens with zero attached hydrogens (tertiary/aromatic N) is 1. The summed E-state index contributed by atoms with van der Waals surface area (Å²) in [5.41, 5.74) is 3.15. The molecule has 7 nitrogen and oxygen atoms in total. The maximum atomic E-state index is 13.4. The number of amides is 3. The minimum atomic E-state index is -0.774. The second kappa shape index (κ2) is 13.5. The van der Waals surface area contributed by atoms with Gasteiger partial charge in [0.25, 0.3) is 0 Å². The predicted molar refractivity (Wildman–Crippen MR) is 145 cm³/mol. The Balaban J connectivity index is 1.79. The zero-order valence-electron chi connectivity index (χ0n) is 20.9. The monoisotopic (exact) mass is 506 g/mol. The van der Waals surface area contributed by atoms with Crippen LogP contribution < -0.4 is 16.0 Å². The van der Waals surface area contributed by atoms with Crippen molar-refractivity contribution in [2.75, 3.05) is 6.54 Å². The molecule has 0 aliphatic rings. The molecule has 0 fully saturated rings. The van der Waals surface area contributed by atoms with Gasteiger partial charge >= 0.3 is 0 Å². The lowest BCUT2D eigenvalue weighted by atomic mass is 10.0. The van der Waals surface area contributed by atoms with Gasteiger partial charge in [-0.25, -0.2) is 4.98 Å². The van der Waals surface area contributed by atoms with E-state index in [2.05, 4.69) is 41.6 Å². The van der Waals surface area contributed by atoms with Gasteiger partial charge in [0.15, 0.2) is 0 Å². The third-order valence-corrected chi connectivity index (χ3v) is 6.83. The van der Waals surface area contributed by atoms with Crippen molar-refractivity contribution < 1.29 is 14.4 Å². The van der Waals surface area contributed by atoms with Crippen LogP contribution in [-0.4, -0.2) is 41.3 Å². The van der Waals surface area contributed by atoms with Crippen molar-refractivity contribution in [1.82, 2.24) is 20.9 Å². The summed E-state index contributed by atoms with van der Waals surface area (Å²) in [6.07, 6.45) is 3.98. The largest absolute Gasteiger partial charge is 0.350 e. The first-order chi connectivity index (χ1) is 17.4. The van der Waals surface area contributed by atoms with Gasteiger partial charge in [-0.2, -0.15) is 0 Å². The highest BCUT2D eigenvalue weighted by molar-refractivity contribution is 7.18. The van der Waals surface area contributed by atoms with Gasteiger partial charge in [0.05, 0.1) is 21.3 Å². The molecule has 8 heteroatoms. The molecule has 3 N–H and O–H groups in total. The van der Waals surface area contributed by atoms with E-state index >= 15 is 0 Å². The summed E-state index contributed by atoms with van der Waals surface area (Å²) in [6.45, 7) is 7.75. The van der Waals surface area contributed by atoms with Crippen molar-refractivity contribution in [3.8, 4) is 0 Å². The molecule has 190 valence electrons. The summed E-state index contributed by atoms with van der Waals surface area (Å²) in [6, 6.07) is 14.8. The molecule has 0 bridgehead atoms. The Bertz CT molecular complexity index is 1190. The number of aromatic nitrogens is 1. The number of nitrogens with one attached hydrogen (secondary N) is 3. The zero-order valence-corrected chi connectivity index (χ0v) is 21.7. The lowest BCUT2D eigenvalue weighted by molar-refractivity contribution is -0.129. The van der Waals surface area contributed by atoms with E-state index in [1.165, 1.54) is 11.6 Å². The maximum Gasteiger partial charge on any atom is 0.243 e. The summed E-state index contributed by atoms with van der Waals surface area (Å²) in [4.78, 5) is 42.4. The molecule has 1 heterocycles. The molecule has 3 aromatic rings. The average Bonchev–Trinajstić information content (AvgIpc) is 3.28. The summed E-state index contributed by atoms with van der Waals surface area (Å²) < 4.78 is 1.07. The van der Waals surface area contributed by atoms with Crippen LogP contribution in [0.25, 0.3) is 10.2 Å². The first kappa shape index (κ1) is 27.1. The SMILES string of the molecule is C=CC(=O)NCC(Cc1ccccc1)NC(=O)[C@H](Cc1nc2ccc(CC)cc2s1)NC(=O)CCC. The summed E-state index contributed by atoms with van der Waals surface area (Å²) >= 11 is 1.54. The fraction of sp³-hybridized carbons (Fsp3) is 0.357. The number of aryl methyl sites for hydroxylation is 1. The Labute approximate surface area is 216 Å². The molecular weight excluding hydrogens is 472 g/mol. The topological polar surface area (TPSA) is 100 Å². The van der Waals surface area contributed by atoms with Gasteiger partial charge in [0.2, 0.25) is 17.7 Å². The highest BCUT2D eigenvalue weighted by Crippen LogP contribution is 2.24. The Kier molecular flexibility index (Phi) is 10.2. The fourth-order valence-corrected chi connectivity index (χ4v) is 4.95. The van der Waals surface area contributed by atoms with Crippen LogP contribution in [0.4, 0.5) is 0 Å².